The van der Waals surface area contributed by atoms with E-state index in [4.69, 9.17) is 4.74 Å². The first kappa shape index (κ1) is 15.5. The van der Waals surface area contributed by atoms with E-state index in [-0.39, 0.29) is 17.6 Å². The fourth-order valence-corrected chi connectivity index (χ4v) is 2.37. The van der Waals surface area contributed by atoms with Gasteiger partial charge in [-0.3, -0.25) is 4.79 Å². The van der Waals surface area contributed by atoms with E-state index in [2.05, 4.69) is 9.72 Å². The van der Waals surface area contributed by atoms with Gasteiger partial charge in [-0.25, -0.2) is 4.98 Å². The average Bonchev–Trinajstić information content (AvgIpc) is 2.48. The van der Waals surface area contributed by atoms with Gasteiger partial charge in [0.2, 0.25) is 0 Å². The van der Waals surface area contributed by atoms with Gasteiger partial charge in [0, 0.05) is 13.1 Å². The third-order valence-corrected chi connectivity index (χ3v) is 3.31. The van der Waals surface area contributed by atoms with Gasteiger partial charge < -0.3 is 14.4 Å². The molecule has 0 saturated carbocycles. The molecular weight excluding hydrogens is 282 g/mol. The van der Waals surface area contributed by atoms with Crippen LogP contribution < -0.4 is 9.64 Å². The highest BCUT2D eigenvalue weighted by Gasteiger charge is 2.27. The second kappa shape index (κ2) is 7.19. The largest absolute Gasteiger partial charge is 0.466 e. The van der Waals surface area contributed by atoms with Crippen LogP contribution >= 0.6 is 0 Å². The molecule has 1 fully saturated rings. The van der Waals surface area contributed by atoms with E-state index in [0.29, 0.717) is 19.0 Å². The van der Waals surface area contributed by atoms with Crippen LogP contribution in [0.3, 0.4) is 0 Å². The summed E-state index contributed by atoms with van der Waals surface area (Å²) in [6, 6.07) is 3.06. The molecule has 0 aromatic carbocycles. The van der Waals surface area contributed by atoms with E-state index in [0.717, 1.165) is 19.4 Å². The number of esters is 1. The molecular formula is C14H18F2N2O3. The van der Waals surface area contributed by atoms with Crippen molar-refractivity contribution in [2.24, 2.45) is 5.92 Å². The smallest absolute Gasteiger partial charge is 0.387 e. The van der Waals surface area contributed by atoms with Crippen molar-refractivity contribution >= 4 is 11.8 Å². The van der Waals surface area contributed by atoms with Gasteiger partial charge in [0.1, 0.15) is 11.6 Å². The Hall–Kier alpha value is -1.92. The first-order valence-corrected chi connectivity index (χ1v) is 6.92. The summed E-state index contributed by atoms with van der Waals surface area (Å²) >= 11 is 0. The SMILES string of the molecule is CCOC(=O)[C@H]1CCCN(c2ccc(OC(F)F)cn2)C1. The van der Waals surface area contributed by atoms with Gasteiger partial charge in [0.25, 0.3) is 0 Å². The van der Waals surface area contributed by atoms with Crippen molar-refractivity contribution in [3.63, 3.8) is 0 Å². The van der Waals surface area contributed by atoms with Crippen LogP contribution in [0.5, 0.6) is 5.75 Å². The summed E-state index contributed by atoms with van der Waals surface area (Å²) in [7, 11) is 0. The molecule has 5 nitrogen and oxygen atoms in total. The minimum absolute atomic E-state index is 0.0210. The van der Waals surface area contributed by atoms with Gasteiger partial charge in [-0.2, -0.15) is 8.78 Å². The molecule has 0 aliphatic carbocycles. The monoisotopic (exact) mass is 300 g/mol. The molecule has 2 heterocycles. The molecule has 1 saturated heterocycles. The molecule has 0 N–H and O–H groups in total. The molecule has 21 heavy (non-hydrogen) atoms. The van der Waals surface area contributed by atoms with Crippen LogP contribution in [0.15, 0.2) is 18.3 Å². The first-order chi connectivity index (χ1) is 10.1. The quantitative estimate of drug-likeness (QED) is 0.782. The molecule has 0 bridgehead atoms. The molecule has 2 rings (SSSR count). The lowest BCUT2D eigenvalue weighted by Crippen LogP contribution is -2.39. The number of halogens is 2. The molecule has 0 amide bonds. The number of hydrogen-bond donors (Lipinski definition) is 0. The maximum Gasteiger partial charge on any atom is 0.387 e. The second-order valence-corrected chi connectivity index (χ2v) is 4.77. The number of ether oxygens (including phenoxy) is 2. The van der Waals surface area contributed by atoms with Gasteiger partial charge in [-0.15, -0.1) is 0 Å². The maximum atomic E-state index is 12.1. The first-order valence-electron chi connectivity index (χ1n) is 6.92. The van der Waals surface area contributed by atoms with E-state index in [9.17, 15) is 13.6 Å². The number of carbonyl (C=O) groups excluding carboxylic acids is 1. The zero-order valence-electron chi connectivity index (χ0n) is 11.8. The van der Waals surface area contributed by atoms with E-state index >= 15 is 0 Å². The van der Waals surface area contributed by atoms with E-state index in [1.54, 1.807) is 13.0 Å². The van der Waals surface area contributed by atoms with Crippen LogP contribution in [0.25, 0.3) is 0 Å². The topological polar surface area (TPSA) is 51.7 Å². The lowest BCUT2D eigenvalue weighted by atomic mass is 9.98. The minimum atomic E-state index is -2.86. The highest BCUT2D eigenvalue weighted by molar-refractivity contribution is 5.73. The van der Waals surface area contributed by atoms with Crippen LogP contribution in [-0.4, -0.2) is 37.3 Å². The molecule has 0 spiro atoms. The lowest BCUT2D eigenvalue weighted by Gasteiger charge is -2.32. The van der Waals surface area contributed by atoms with Crippen molar-refractivity contribution in [1.29, 1.82) is 0 Å². The van der Waals surface area contributed by atoms with Crippen LogP contribution in [-0.2, 0) is 9.53 Å². The van der Waals surface area contributed by atoms with Gasteiger partial charge in [-0.1, -0.05) is 0 Å². The van der Waals surface area contributed by atoms with Crippen molar-refractivity contribution < 1.29 is 23.0 Å². The Morgan fingerprint density at radius 2 is 2.33 bits per heavy atom. The third kappa shape index (κ3) is 4.27. The highest BCUT2D eigenvalue weighted by Crippen LogP contribution is 2.24. The summed E-state index contributed by atoms with van der Waals surface area (Å²) in [6.45, 7) is 0.592. The normalized spacial score (nSPS) is 18.7. The molecule has 1 aliphatic rings. The van der Waals surface area contributed by atoms with Crippen molar-refractivity contribution in [2.45, 2.75) is 26.4 Å². The number of carbonyl (C=O) groups is 1. The number of hydrogen-bond acceptors (Lipinski definition) is 5. The Bertz CT molecular complexity index is 468. The van der Waals surface area contributed by atoms with Crippen molar-refractivity contribution in [2.75, 3.05) is 24.6 Å². The predicted molar refractivity (Wildman–Crippen MR) is 72.4 cm³/mol. The van der Waals surface area contributed by atoms with Gasteiger partial charge in [0.15, 0.2) is 0 Å². The third-order valence-electron chi connectivity index (χ3n) is 3.31. The van der Waals surface area contributed by atoms with Crippen molar-refractivity contribution in [3.05, 3.63) is 18.3 Å². The van der Waals surface area contributed by atoms with Crippen LogP contribution in [0.4, 0.5) is 14.6 Å². The summed E-state index contributed by atoms with van der Waals surface area (Å²) in [5.74, 6) is 0.302. The number of alkyl halides is 2. The Morgan fingerprint density at radius 3 is 2.95 bits per heavy atom. The fourth-order valence-electron chi connectivity index (χ4n) is 2.37. The molecule has 7 heteroatoms. The fraction of sp³-hybridized carbons (Fsp3) is 0.571. The van der Waals surface area contributed by atoms with Gasteiger partial charge in [0.05, 0.1) is 18.7 Å². The highest BCUT2D eigenvalue weighted by atomic mass is 19.3. The van der Waals surface area contributed by atoms with E-state index in [1.165, 1.54) is 12.3 Å². The Balaban J connectivity index is 1.99. The van der Waals surface area contributed by atoms with Gasteiger partial charge >= 0.3 is 12.6 Å². The summed E-state index contributed by atoms with van der Waals surface area (Å²) in [4.78, 5) is 17.8. The predicted octanol–water partition coefficient (Wildman–Crippen LogP) is 2.46. The molecule has 1 atom stereocenters. The molecule has 116 valence electrons. The number of nitrogens with zero attached hydrogens (tertiary/aromatic N) is 2. The van der Waals surface area contributed by atoms with E-state index in [1.807, 2.05) is 4.90 Å². The standard InChI is InChI=1S/C14H18F2N2O3/c1-2-20-13(19)10-4-3-7-18(9-10)12-6-5-11(8-17-12)21-14(15)16/h5-6,8,10,14H,2-4,7,9H2,1H3/t10-/m0/s1. The van der Waals surface area contributed by atoms with Crippen LogP contribution in [0, 0.1) is 5.92 Å². The average molecular weight is 300 g/mol. The number of rotatable bonds is 5. The zero-order chi connectivity index (χ0) is 15.2. The molecule has 0 unspecified atom stereocenters. The summed E-state index contributed by atoms with van der Waals surface area (Å²) in [5.41, 5.74) is 0. The Labute approximate surface area is 121 Å². The summed E-state index contributed by atoms with van der Waals surface area (Å²) in [5, 5.41) is 0. The summed E-state index contributed by atoms with van der Waals surface area (Å²) < 4.78 is 33.5. The second-order valence-electron chi connectivity index (χ2n) is 4.77. The van der Waals surface area contributed by atoms with Crippen molar-refractivity contribution in [1.82, 2.24) is 4.98 Å². The number of piperidine rings is 1. The Kier molecular flexibility index (Phi) is 5.30. The molecule has 1 aromatic rings. The number of pyridine rings is 1. The number of anilines is 1. The maximum absolute atomic E-state index is 12.1. The number of aromatic nitrogens is 1. The molecule has 0 radical (unpaired) electrons. The Morgan fingerprint density at radius 1 is 1.52 bits per heavy atom. The lowest BCUT2D eigenvalue weighted by molar-refractivity contribution is -0.148. The van der Waals surface area contributed by atoms with Crippen molar-refractivity contribution in [3.8, 4) is 5.75 Å². The molecule has 1 aliphatic heterocycles. The summed E-state index contributed by atoms with van der Waals surface area (Å²) in [6.07, 6.45) is 2.91. The van der Waals surface area contributed by atoms with Crippen LogP contribution in [0.2, 0.25) is 0 Å². The zero-order valence-corrected chi connectivity index (χ0v) is 11.8. The molecule has 1 aromatic heterocycles. The van der Waals surface area contributed by atoms with Crippen LogP contribution in [0.1, 0.15) is 19.8 Å². The van der Waals surface area contributed by atoms with E-state index < -0.39 is 6.61 Å². The minimum Gasteiger partial charge on any atom is -0.466 e. The van der Waals surface area contributed by atoms with Gasteiger partial charge in [-0.05, 0) is 31.9 Å².